The highest BCUT2D eigenvalue weighted by Crippen LogP contribution is 2.30. The molecule has 0 spiro atoms. The molecule has 1 aliphatic rings. The molecule has 0 N–H and O–H groups in total. The second-order valence-electron chi connectivity index (χ2n) is 5.63. The van der Waals surface area contributed by atoms with Gasteiger partial charge in [-0.15, -0.1) is 0 Å². The molecule has 0 fully saturated rings. The first kappa shape index (κ1) is 16.9. The van der Waals surface area contributed by atoms with Crippen LogP contribution in [0.3, 0.4) is 0 Å². The topological polar surface area (TPSA) is 40.6 Å². The molecule has 3 rings (SSSR count). The van der Waals surface area contributed by atoms with Gasteiger partial charge in [-0.25, -0.2) is 4.39 Å². The summed E-state index contributed by atoms with van der Waals surface area (Å²) < 4.78 is 13.5. The molecular formula is C17H13Cl2FN2O2. The SMILES string of the molecule is CN(Cc1ccc(Cl)c(Cl)c1)CN1C(=O)C(=O)c2ccc(F)cc21. The van der Waals surface area contributed by atoms with Gasteiger partial charge in [0, 0.05) is 6.54 Å². The Hall–Kier alpha value is -1.95. The molecule has 2 aromatic rings. The normalized spacial score (nSPS) is 13.8. The number of Topliss-reactive ketones (excluding diaryl/α,β-unsaturated/α-hetero) is 1. The van der Waals surface area contributed by atoms with Crippen molar-refractivity contribution in [3.8, 4) is 0 Å². The van der Waals surface area contributed by atoms with E-state index in [4.69, 9.17) is 23.2 Å². The van der Waals surface area contributed by atoms with E-state index in [0.29, 0.717) is 22.3 Å². The number of fused-ring (bicyclic) bond motifs is 1. The second-order valence-corrected chi connectivity index (χ2v) is 6.44. The lowest BCUT2D eigenvalue weighted by Crippen LogP contribution is -2.38. The van der Waals surface area contributed by atoms with Gasteiger partial charge in [-0.2, -0.15) is 0 Å². The quantitative estimate of drug-likeness (QED) is 0.773. The number of rotatable bonds is 4. The molecule has 24 heavy (non-hydrogen) atoms. The van der Waals surface area contributed by atoms with Gasteiger partial charge in [-0.1, -0.05) is 29.3 Å². The highest BCUT2D eigenvalue weighted by Gasteiger charge is 2.36. The predicted molar refractivity (Wildman–Crippen MR) is 91.0 cm³/mol. The van der Waals surface area contributed by atoms with Crippen molar-refractivity contribution < 1.29 is 14.0 Å². The van der Waals surface area contributed by atoms with Gasteiger partial charge in [0.2, 0.25) is 0 Å². The fourth-order valence-electron chi connectivity index (χ4n) is 2.65. The Kier molecular flexibility index (Phi) is 4.58. The standard InChI is InChI=1S/C17H13Cl2FN2O2/c1-21(8-10-2-5-13(18)14(19)6-10)9-22-15-7-11(20)3-4-12(15)16(23)17(22)24/h2-7H,8-9H2,1H3. The number of hydrogen-bond donors (Lipinski definition) is 0. The van der Waals surface area contributed by atoms with Crippen molar-refractivity contribution in [3.63, 3.8) is 0 Å². The van der Waals surface area contributed by atoms with Crippen LogP contribution in [0.2, 0.25) is 10.0 Å². The number of carbonyl (C=O) groups excluding carboxylic acids is 2. The van der Waals surface area contributed by atoms with Crippen LogP contribution in [0.15, 0.2) is 36.4 Å². The summed E-state index contributed by atoms with van der Waals surface area (Å²) >= 11 is 11.9. The predicted octanol–water partition coefficient (Wildman–Crippen LogP) is 3.75. The maximum absolute atomic E-state index is 13.5. The average Bonchev–Trinajstić information content (AvgIpc) is 2.75. The smallest absolute Gasteiger partial charge is 0.291 e. The Morgan fingerprint density at radius 2 is 1.83 bits per heavy atom. The van der Waals surface area contributed by atoms with Gasteiger partial charge in [0.25, 0.3) is 5.78 Å². The van der Waals surface area contributed by atoms with Crippen LogP contribution in [0.1, 0.15) is 15.9 Å². The van der Waals surface area contributed by atoms with Crippen molar-refractivity contribution in [2.75, 3.05) is 18.6 Å². The summed E-state index contributed by atoms with van der Waals surface area (Å²) in [7, 11) is 1.79. The van der Waals surface area contributed by atoms with Gasteiger partial charge in [0.15, 0.2) is 0 Å². The first-order valence-electron chi connectivity index (χ1n) is 7.15. The molecule has 1 aliphatic heterocycles. The van der Waals surface area contributed by atoms with Crippen molar-refractivity contribution in [3.05, 3.63) is 63.4 Å². The third-order valence-electron chi connectivity index (χ3n) is 3.75. The number of halogens is 3. The van der Waals surface area contributed by atoms with Crippen molar-refractivity contribution in [1.82, 2.24) is 4.90 Å². The Morgan fingerprint density at radius 1 is 1.08 bits per heavy atom. The van der Waals surface area contributed by atoms with E-state index >= 15 is 0 Å². The van der Waals surface area contributed by atoms with Crippen LogP contribution in [0.5, 0.6) is 0 Å². The fourth-order valence-corrected chi connectivity index (χ4v) is 2.97. The van der Waals surface area contributed by atoms with Crippen LogP contribution in [0, 0.1) is 5.82 Å². The lowest BCUT2D eigenvalue weighted by atomic mass is 10.1. The summed E-state index contributed by atoms with van der Waals surface area (Å²) in [4.78, 5) is 27.2. The van der Waals surface area contributed by atoms with E-state index in [2.05, 4.69) is 0 Å². The van der Waals surface area contributed by atoms with E-state index in [0.717, 1.165) is 5.56 Å². The maximum Gasteiger partial charge on any atom is 0.300 e. The van der Waals surface area contributed by atoms with E-state index in [1.807, 2.05) is 11.0 Å². The maximum atomic E-state index is 13.5. The molecule has 0 aliphatic carbocycles. The molecule has 4 nitrogen and oxygen atoms in total. The monoisotopic (exact) mass is 366 g/mol. The molecule has 0 radical (unpaired) electrons. The summed E-state index contributed by atoms with van der Waals surface area (Å²) in [5.74, 6) is -1.77. The Morgan fingerprint density at radius 3 is 2.54 bits per heavy atom. The molecule has 0 saturated heterocycles. The average molecular weight is 367 g/mol. The van der Waals surface area contributed by atoms with Gasteiger partial charge in [0.1, 0.15) is 5.82 Å². The van der Waals surface area contributed by atoms with Crippen molar-refractivity contribution in [2.45, 2.75) is 6.54 Å². The van der Waals surface area contributed by atoms with Crippen LogP contribution in [-0.4, -0.2) is 30.3 Å². The number of nitrogens with zero attached hydrogens (tertiary/aromatic N) is 2. The summed E-state index contributed by atoms with van der Waals surface area (Å²) in [5.41, 5.74) is 1.43. The molecule has 0 unspecified atom stereocenters. The van der Waals surface area contributed by atoms with Crippen molar-refractivity contribution in [2.24, 2.45) is 0 Å². The van der Waals surface area contributed by atoms with Gasteiger partial charge >= 0.3 is 5.91 Å². The zero-order valence-electron chi connectivity index (χ0n) is 12.7. The van der Waals surface area contributed by atoms with Crippen LogP contribution in [0.4, 0.5) is 10.1 Å². The van der Waals surface area contributed by atoms with Crippen molar-refractivity contribution in [1.29, 1.82) is 0 Å². The van der Waals surface area contributed by atoms with Crippen LogP contribution < -0.4 is 4.90 Å². The Labute approximate surface area is 148 Å². The lowest BCUT2D eigenvalue weighted by molar-refractivity contribution is -0.114. The van der Waals surface area contributed by atoms with Gasteiger partial charge in [-0.05, 0) is 42.9 Å². The van der Waals surface area contributed by atoms with Gasteiger partial charge < -0.3 is 0 Å². The highest BCUT2D eigenvalue weighted by atomic mass is 35.5. The van der Waals surface area contributed by atoms with Crippen molar-refractivity contribution >= 4 is 40.6 Å². The van der Waals surface area contributed by atoms with E-state index < -0.39 is 17.5 Å². The zero-order valence-corrected chi connectivity index (χ0v) is 14.2. The van der Waals surface area contributed by atoms with Crippen LogP contribution in [-0.2, 0) is 11.3 Å². The minimum absolute atomic E-state index is 0.154. The molecule has 0 saturated carbocycles. The molecule has 2 aromatic carbocycles. The van der Waals surface area contributed by atoms with Crippen LogP contribution in [0.25, 0.3) is 0 Å². The number of amides is 1. The first-order chi connectivity index (χ1) is 11.4. The summed E-state index contributed by atoms with van der Waals surface area (Å²) in [5, 5.41) is 0.912. The molecule has 7 heteroatoms. The molecule has 1 heterocycles. The zero-order chi connectivity index (χ0) is 17.4. The Bertz CT molecular complexity index is 841. The highest BCUT2D eigenvalue weighted by molar-refractivity contribution is 6.52. The Balaban J connectivity index is 1.78. The number of anilines is 1. The first-order valence-corrected chi connectivity index (χ1v) is 7.90. The second kappa shape index (κ2) is 6.51. The summed E-state index contributed by atoms with van der Waals surface area (Å²) in [6.45, 7) is 0.640. The van der Waals surface area contributed by atoms with Crippen LogP contribution >= 0.6 is 23.2 Å². The van der Waals surface area contributed by atoms with E-state index in [-0.39, 0.29) is 12.2 Å². The minimum Gasteiger partial charge on any atom is -0.291 e. The molecule has 1 amide bonds. The lowest BCUT2D eigenvalue weighted by Gasteiger charge is -2.24. The third-order valence-corrected chi connectivity index (χ3v) is 4.49. The summed E-state index contributed by atoms with van der Waals surface area (Å²) in [6, 6.07) is 8.98. The molecular weight excluding hydrogens is 354 g/mol. The summed E-state index contributed by atoms with van der Waals surface area (Å²) in [6.07, 6.45) is 0. The molecule has 0 bridgehead atoms. The molecule has 0 atom stereocenters. The number of carbonyl (C=O) groups is 2. The van der Waals surface area contributed by atoms with E-state index in [1.54, 1.807) is 19.2 Å². The van der Waals surface area contributed by atoms with E-state index in [1.165, 1.54) is 23.1 Å². The third kappa shape index (κ3) is 3.15. The van der Waals surface area contributed by atoms with Gasteiger partial charge in [-0.3, -0.25) is 19.4 Å². The van der Waals surface area contributed by atoms with E-state index in [9.17, 15) is 14.0 Å². The number of benzene rings is 2. The number of ketones is 1. The van der Waals surface area contributed by atoms with Gasteiger partial charge in [0.05, 0.1) is 28.0 Å². The fraction of sp³-hybridized carbons (Fsp3) is 0.176. The minimum atomic E-state index is -0.656. The number of hydrogen-bond acceptors (Lipinski definition) is 3. The molecule has 124 valence electrons. The molecule has 0 aromatic heterocycles. The largest absolute Gasteiger partial charge is 0.300 e.